The lowest BCUT2D eigenvalue weighted by atomic mass is 9.93. The first-order valence-electron chi connectivity index (χ1n) is 12.5. The molecule has 2 aliphatic rings. The Morgan fingerprint density at radius 1 is 0.974 bits per heavy atom. The molecule has 1 saturated heterocycles. The van der Waals surface area contributed by atoms with Gasteiger partial charge in [-0.25, -0.2) is 4.99 Å². The summed E-state index contributed by atoms with van der Waals surface area (Å²) in [4.78, 5) is 33.8. The fraction of sp³-hybridized carbons (Fsp3) is 0.233. The zero-order valence-corrected chi connectivity index (χ0v) is 23.1. The van der Waals surface area contributed by atoms with Crippen LogP contribution in [-0.2, 0) is 4.79 Å². The Bertz CT molecular complexity index is 1480. The van der Waals surface area contributed by atoms with E-state index in [0.29, 0.717) is 27.5 Å². The minimum Gasteiger partial charge on any atom is -0.340 e. The van der Waals surface area contributed by atoms with Crippen molar-refractivity contribution >= 4 is 51.7 Å². The Balaban J connectivity index is 1.50. The molecule has 0 aromatic heterocycles. The molecule has 38 heavy (non-hydrogen) atoms. The van der Waals surface area contributed by atoms with Gasteiger partial charge in [0.05, 0.1) is 27.9 Å². The van der Waals surface area contributed by atoms with Gasteiger partial charge in [0, 0.05) is 23.7 Å². The lowest BCUT2D eigenvalue weighted by Gasteiger charge is -2.41. The third-order valence-corrected chi connectivity index (χ3v) is 8.12. The molecule has 5 rings (SSSR count). The highest BCUT2D eigenvalue weighted by atomic mass is 35.5. The Hall–Kier alpha value is -3.55. The number of carbonyl (C=O) groups excluding carboxylic acids is 2. The van der Waals surface area contributed by atoms with Crippen molar-refractivity contribution in [1.82, 2.24) is 4.90 Å². The average molecular weight is 545 g/mol. The summed E-state index contributed by atoms with van der Waals surface area (Å²) in [6, 6.07) is 20.3. The van der Waals surface area contributed by atoms with Crippen LogP contribution in [-0.4, -0.2) is 34.2 Å². The van der Waals surface area contributed by atoms with E-state index in [4.69, 9.17) is 16.6 Å². The van der Waals surface area contributed by atoms with Crippen molar-refractivity contribution in [2.45, 2.75) is 33.2 Å². The quantitative estimate of drug-likeness (QED) is 0.364. The van der Waals surface area contributed by atoms with Crippen molar-refractivity contribution in [3.8, 4) is 0 Å². The van der Waals surface area contributed by atoms with E-state index in [1.165, 1.54) is 0 Å². The summed E-state index contributed by atoms with van der Waals surface area (Å²) in [5.41, 5.74) is 6.17. The molecular formula is C30H29ClN4O2S. The number of nitrogens with one attached hydrogen (secondary N) is 2. The van der Waals surface area contributed by atoms with Gasteiger partial charge < -0.3 is 15.5 Å². The molecule has 2 aliphatic heterocycles. The van der Waals surface area contributed by atoms with Crippen molar-refractivity contribution in [1.29, 1.82) is 0 Å². The largest absolute Gasteiger partial charge is 0.340 e. The maximum atomic E-state index is 13.8. The number of aryl methyl sites for hydroxylation is 2. The van der Waals surface area contributed by atoms with Gasteiger partial charge in [0.1, 0.15) is 0 Å². The molecule has 2 heterocycles. The van der Waals surface area contributed by atoms with Crippen LogP contribution in [0, 0.1) is 13.8 Å². The number of nitrogens with zero attached hydrogens (tertiary/aromatic N) is 2. The number of thioether (sulfide) groups is 1. The molecule has 1 unspecified atom stereocenters. The summed E-state index contributed by atoms with van der Waals surface area (Å²) in [7, 11) is 0. The maximum Gasteiger partial charge on any atom is 0.257 e. The number of amidine groups is 1. The SMILES string of the molecule is CC1=C(C(=O)Nc2ccc(C)cc2C)C(c2cccc(NC(=O)c3ccccc3Cl)c2)N2CCCSC2=N1. The summed E-state index contributed by atoms with van der Waals surface area (Å²) < 4.78 is 0. The third kappa shape index (κ3) is 5.35. The molecule has 0 bridgehead atoms. The molecule has 0 saturated carbocycles. The molecule has 1 fully saturated rings. The van der Waals surface area contributed by atoms with E-state index in [1.54, 1.807) is 36.0 Å². The molecule has 3 aromatic carbocycles. The number of benzene rings is 3. The second-order valence-electron chi connectivity index (χ2n) is 9.52. The highest BCUT2D eigenvalue weighted by Gasteiger charge is 2.37. The number of allylic oxidation sites excluding steroid dienone is 1. The minimum absolute atomic E-state index is 0.177. The molecule has 0 aliphatic carbocycles. The Morgan fingerprint density at radius 3 is 2.58 bits per heavy atom. The van der Waals surface area contributed by atoms with Crippen molar-refractivity contribution < 1.29 is 9.59 Å². The highest BCUT2D eigenvalue weighted by molar-refractivity contribution is 8.13. The van der Waals surface area contributed by atoms with Gasteiger partial charge in [-0.3, -0.25) is 9.59 Å². The number of rotatable bonds is 5. The van der Waals surface area contributed by atoms with E-state index in [9.17, 15) is 9.59 Å². The van der Waals surface area contributed by atoms with Crippen LogP contribution in [0.5, 0.6) is 0 Å². The van der Waals surface area contributed by atoms with Crippen LogP contribution >= 0.6 is 23.4 Å². The lowest BCUT2D eigenvalue weighted by molar-refractivity contribution is -0.113. The fourth-order valence-electron chi connectivity index (χ4n) is 4.88. The van der Waals surface area contributed by atoms with Crippen molar-refractivity contribution in [2.75, 3.05) is 22.9 Å². The molecule has 3 aromatic rings. The van der Waals surface area contributed by atoms with Crippen LogP contribution < -0.4 is 10.6 Å². The number of fused-ring (bicyclic) bond motifs is 1. The molecule has 8 heteroatoms. The fourth-order valence-corrected chi connectivity index (χ4v) is 6.12. The second kappa shape index (κ2) is 11.1. The average Bonchev–Trinajstić information content (AvgIpc) is 2.89. The van der Waals surface area contributed by atoms with E-state index in [2.05, 4.69) is 21.6 Å². The smallest absolute Gasteiger partial charge is 0.257 e. The summed E-state index contributed by atoms with van der Waals surface area (Å²) in [5, 5.41) is 7.40. The summed E-state index contributed by atoms with van der Waals surface area (Å²) in [6.45, 7) is 6.71. The van der Waals surface area contributed by atoms with Gasteiger partial charge in [0.2, 0.25) is 0 Å². The van der Waals surface area contributed by atoms with Crippen molar-refractivity contribution in [3.63, 3.8) is 0 Å². The predicted octanol–water partition coefficient (Wildman–Crippen LogP) is 6.97. The van der Waals surface area contributed by atoms with E-state index in [0.717, 1.165) is 46.3 Å². The van der Waals surface area contributed by atoms with Gasteiger partial charge in [-0.05, 0) is 68.7 Å². The van der Waals surface area contributed by atoms with E-state index in [1.807, 2.05) is 57.2 Å². The zero-order chi connectivity index (χ0) is 26.8. The summed E-state index contributed by atoms with van der Waals surface area (Å²) in [6.07, 6.45) is 0.994. The third-order valence-electron chi connectivity index (χ3n) is 6.71. The molecule has 0 radical (unpaired) electrons. The molecule has 2 N–H and O–H groups in total. The number of aliphatic imine (C=N–C) groups is 1. The van der Waals surface area contributed by atoms with Crippen molar-refractivity contribution in [2.24, 2.45) is 4.99 Å². The highest BCUT2D eigenvalue weighted by Crippen LogP contribution is 2.40. The molecule has 1 atom stereocenters. The Labute approximate surface area is 232 Å². The first-order chi connectivity index (χ1) is 18.3. The van der Waals surface area contributed by atoms with Gasteiger partial charge >= 0.3 is 0 Å². The van der Waals surface area contributed by atoms with Crippen molar-refractivity contribution in [3.05, 3.63) is 105 Å². The van der Waals surface area contributed by atoms with Crippen LogP contribution in [0.1, 0.15) is 46.4 Å². The molecular weight excluding hydrogens is 516 g/mol. The van der Waals surface area contributed by atoms with Gasteiger partial charge in [-0.15, -0.1) is 0 Å². The second-order valence-corrected chi connectivity index (χ2v) is 11.0. The summed E-state index contributed by atoms with van der Waals surface area (Å²) in [5.74, 6) is 0.530. The Morgan fingerprint density at radius 2 is 1.79 bits per heavy atom. The van der Waals surface area contributed by atoms with Gasteiger partial charge in [0.25, 0.3) is 11.8 Å². The normalized spacial score (nSPS) is 17.0. The van der Waals surface area contributed by atoms with Crippen LogP contribution in [0.25, 0.3) is 0 Å². The van der Waals surface area contributed by atoms with Crippen LogP contribution in [0.4, 0.5) is 11.4 Å². The van der Waals surface area contributed by atoms with E-state index >= 15 is 0 Å². The maximum absolute atomic E-state index is 13.8. The van der Waals surface area contributed by atoms with Gasteiger partial charge in [0.15, 0.2) is 5.17 Å². The topological polar surface area (TPSA) is 73.8 Å². The van der Waals surface area contributed by atoms with E-state index in [-0.39, 0.29) is 17.9 Å². The lowest BCUT2D eigenvalue weighted by Crippen LogP contribution is -2.43. The number of anilines is 2. The molecule has 6 nitrogen and oxygen atoms in total. The first-order valence-corrected chi connectivity index (χ1v) is 13.9. The minimum atomic E-state index is -0.335. The molecule has 2 amide bonds. The first kappa shape index (κ1) is 26.1. The molecule has 0 spiro atoms. The van der Waals surface area contributed by atoms with E-state index < -0.39 is 0 Å². The molecule has 194 valence electrons. The Kier molecular flexibility index (Phi) is 7.58. The number of carbonyl (C=O) groups is 2. The standard InChI is InChI=1S/C30H29ClN4O2S/c1-18-12-13-25(19(2)16-18)34-29(37)26-20(3)32-30-35(14-7-15-38-30)27(26)21-8-6-9-22(17-21)33-28(36)23-10-4-5-11-24(23)31/h4-6,8-13,16-17,27H,7,14-15H2,1-3H3,(H,33,36)(H,34,37). The monoisotopic (exact) mass is 544 g/mol. The summed E-state index contributed by atoms with van der Waals surface area (Å²) >= 11 is 7.95. The van der Waals surface area contributed by atoms with Crippen LogP contribution in [0.15, 0.2) is 83.0 Å². The number of hydrogen-bond donors (Lipinski definition) is 2. The van der Waals surface area contributed by atoms with Crippen LogP contribution in [0.2, 0.25) is 5.02 Å². The number of halogens is 1. The van der Waals surface area contributed by atoms with Crippen LogP contribution in [0.3, 0.4) is 0 Å². The predicted molar refractivity (Wildman–Crippen MR) is 157 cm³/mol. The zero-order valence-electron chi connectivity index (χ0n) is 21.5. The number of amides is 2. The number of hydrogen-bond acceptors (Lipinski definition) is 5. The van der Waals surface area contributed by atoms with Gasteiger partial charge in [-0.2, -0.15) is 0 Å². The van der Waals surface area contributed by atoms with Gasteiger partial charge in [-0.1, -0.05) is 65.3 Å².